The summed E-state index contributed by atoms with van der Waals surface area (Å²) in [6, 6.07) is 0.0211. The first-order valence-corrected chi connectivity index (χ1v) is 7.64. The van der Waals surface area contributed by atoms with Gasteiger partial charge in [0.25, 0.3) is 0 Å². The van der Waals surface area contributed by atoms with Crippen molar-refractivity contribution in [2.75, 3.05) is 19.8 Å². The number of hydrogen-bond donors (Lipinski definition) is 1. The Kier molecular flexibility index (Phi) is 8.07. The summed E-state index contributed by atoms with van der Waals surface area (Å²) in [6.07, 6.45) is 5.96. The van der Waals surface area contributed by atoms with Crippen LogP contribution in [-0.2, 0) is 14.3 Å². The second-order valence-electron chi connectivity index (χ2n) is 5.64. The van der Waals surface area contributed by atoms with E-state index in [4.69, 9.17) is 9.47 Å². The normalized spacial score (nSPS) is 17.9. The van der Waals surface area contributed by atoms with E-state index in [0.29, 0.717) is 19.6 Å². The summed E-state index contributed by atoms with van der Waals surface area (Å²) in [5.41, 5.74) is 0. The van der Waals surface area contributed by atoms with Gasteiger partial charge in [-0.3, -0.25) is 4.79 Å². The average molecular weight is 271 g/mol. The third-order valence-electron chi connectivity index (χ3n) is 3.48. The van der Waals surface area contributed by atoms with Crippen LogP contribution in [0, 0.1) is 5.92 Å². The van der Waals surface area contributed by atoms with E-state index >= 15 is 0 Å². The van der Waals surface area contributed by atoms with Crippen LogP contribution >= 0.6 is 0 Å². The highest BCUT2D eigenvalue weighted by Crippen LogP contribution is 2.24. The van der Waals surface area contributed by atoms with Gasteiger partial charge in [-0.2, -0.15) is 0 Å². The molecule has 0 aromatic rings. The summed E-state index contributed by atoms with van der Waals surface area (Å²) >= 11 is 0. The summed E-state index contributed by atoms with van der Waals surface area (Å²) in [5.74, 6) is 0.569. The van der Waals surface area contributed by atoms with Gasteiger partial charge in [0.15, 0.2) is 0 Å². The third kappa shape index (κ3) is 6.92. The first-order valence-electron chi connectivity index (χ1n) is 7.64. The van der Waals surface area contributed by atoms with Gasteiger partial charge in [-0.15, -0.1) is 0 Å². The van der Waals surface area contributed by atoms with E-state index < -0.39 is 0 Å². The number of rotatable bonds is 9. The number of carbonyl (C=O) groups is 1. The zero-order valence-electron chi connectivity index (χ0n) is 12.6. The maximum Gasteiger partial charge on any atom is 0.323 e. The van der Waals surface area contributed by atoms with Crippen molar-refractivity contribution in [1.82, 2.24) is 5.32 Å². The molecule has 1 fully saturated rings. The lowest BCUT2D eigenvalue weighted by atomic mass is 10.1. The molecule has 0 saturated heterocycles. The Morgan fingerprint density at radius 3 is 2.58 bits per heavy atom. The third-order valence-corrected chi connectivity index (χ3v) is 3.48. The molecule has 0 aromatic carbocycles. The lowest BCUT2D eigenvalue weighted by Gasteiger charge is -2.20. The van der Waals surface area contributed by atoms with Crippen molar-refractivity contribution in [1.29, 1.82) is 0 Å². The maximum atomic E-state index is 11.8. The van der Waals surface area contributed by atoms with Crippen molar-refractivity contribution in [3.05, 3.63) is 0 Å². The predicted molar refractivity (Wildman–Crippen MR) is 76.1 cm³/mol. The molecule has 1 atom stereocenters. The molecule has 1 rings (SSSR count). The van der Waals surface area contributed by atoms with Gasteiger partial charge in [-0.05, 0) is 32.1 Å². The van der Waals surface area contributed by atoms with Gasteiger partial charge in [-0.25, -0.2) is 0 Å². The molecule has 4 heteroatoms. The van der Waals surface area contributed by atoms with Crippen LogP contribution < -0.4 is 5.32 Å². The molecule has 0 aliphatic heterocycles. The van der Waals surface area contributed by atoms with Crippen LogP contribution in [0.4, 0.5) is 0 Å². The van der Waals surface area contributed by atoms with Crippen LogP contribution in [0.2, 0.25) is 0 Å². The summed E-state index contributed by atoms with van der Waals surface area (Å²) in [5, 5.41) is 3.24. The van der Waals surface area contributed by atoms with Crippen LogP contribution in [0.3, 0.4) is 0 Å². The fraction of sp³-hybridized carbons (Fsp3) is 0.933. The molecule has 0 amide bonds. The lowest BCUT2D eigenvalue weighted by Crippen LogP contribution is -2.42. The molecule has 4 nitrogen and oxygen atoms in total. The van der Waals surface area contributed by atoms with Crippen LogP contribution in [0.15, 0.2) is 0 Å². The van der Waals surface area contributed by atoms with E-state index in [1.807, 2.05) is 20.8 Å². The summed E-state index contributed by atoms with van der Waals surface area (Å²) in [4.78, 5) is 11.8. The van der Waals surface area contributed by atoms with Gasteiger partial charge in [0.2, 0.25) is 0 Å². The average Bonchev–Trinajstić information content (AvgIpc) is 2.86. The number of ether oxygens (including phenoxy) is 2. The van der Waals surface area contributed by atoms with Crippen molar-refractivity contribution in [3.8, 4) is 0 Å². The quantitative estimate of drug-likeness (QED) is 0.517. The highest BCUT2D eigenvalue weighted by Gasteiger charge is 2.20. The number of nitrogens with one attached hydrogen (secondary N) is 1. The molecule has 112 valence electrons. The second-order valence-corrected chi connectivity index (χ2v) is 5.64. The number of carbonyl (C=O) groups excluding carboxylic acids is 1. The molecule has 1 aliphatic rings. The standard InChI is InChI=1S/C15H29NO3/c1-4-19-15(17)14(16-12(2)3)9-10-18-11-13-7-5-6-8-13/h12-14,16H,4-11H2,1-3H3. The Labute approximate surface area is 117 Å². The predicted octanol–water partition coefficient (Wildman–Crippen LogP) is 2.51. The van der Waals surface area contributed by atoms with Gasteiger partial charge in [0, 0.05) is 19.3 Å². The minimum Gasteiger partial charge on any atom is -0.465 e. The number of hydrogen-bond acceptors (Lipinski definition) is 4. The van der Waals surface area contributed by atoms with Crippen LogP contribution in [0.1, 0.15) is 52.9 Å². The van der Waals surface area contributed by atoms with E-state index in [-0.39, 0.29) is 18.1 Å². The first-order chi connectivity index (χ1) is 9.13. The molecule has 0 bridgehead atoms. The van der Waals surface area contributed by atoms with Crippen LogP contribution in [0.25, 0.3) is 0 Å². The molecule has 1 N–H and O–H groups in total. The molecular weight excluding hydrogens is 242 g/mol. The van der Waals surface area contributed by atoms with Crippen LogP contribution in [0.5, 0.6) is 0 Å². The largest absolute Gasteiger partial charge is 0.465 e. The monoisotopic (exact) mass is 271 g/mol. The molecule has 1 unspecified atom stereocenters. The first kappa shape index (κ1) is 16.4. The van der Waals surface area contributed by atoms with Gasteiger partial charge in [0.05, 0.1) is 6.61 Å². The van der Waals surface area contributed by atoms with Gasteiger partial charge in [-0.1, -0.05) is 26.7 Å². The smallest absolute Gasteiger partial charge is 0.323 e. The van der Waals surface area contributed by atoms with E-state index in [9.17, 15) is 4.79 Å². The molecule has 0 radical (unpaired) electrons. The number of esters is 1. The highest BCUT2D eigenvalue weighted by molar-refractivity contribution is 5.75. The summed E-state index contributed by atoms with van der Waals surface area (Å²) < 4.78 is 10.8. The zero-order chi connectivity index (χ0) is 14.1. The Hall–Kier alpha value is -0.610. The Morgan fingerprint density at radius 2 is 2.00 bits per heavy atom. The lowest BCUT2D eigenvalue weighted by molar-refractivity contribution is -0.146. The van der Waals surface area contributed by atoms with Gasteiger partial charge in [0.1, 0.15) is 6.04 Å². The van der Waals surface area contributed by atoms with E-state index in [1.165, 1.54) is 25.7 Å². The summed E-state index contributed by atoms with van der Waals surface area (Å²) in [7, 11) is 0. The molecule has 0 aromatic heterocycles. The minimum absolute atomic E-state index is 0.166. The minimum atomic E-state index is -0.247. The van der Waals surface area contributed by atoms with Gasteiger partial charge < -0.3 is 14.8 Å². The van der Waals surface area contributed by atoms with Crippen molar-refractivity contribution >= 4 is 5.97 Å². The van der Waals surface area contributed by atoms with Crippen molar-refractivity contribution in [3.63, 3.8) is 0 Å². The Balaban J connectivity index is 2.21. The molecule has 1 aliphatic carbocycles. The van der Waals surface area contributed by atoms with Crippen molar-refractivity contribution in [2.45, 2.75) is 65.0 Å². The van der Waals surface area contributed by atoms with E-state index in [0.717, 1.165) is 12.5 Å². The van der Waals surface area contributed by atoms with E-state index in [2.05, 4.69) is 5.32 Å². The molecular formula is C15H29NO3. The maximum absolute atomic E-state index is 11.8. The van der Waals surface area contributed by atoms with Crippen molar-refractivity contribution in [2.24, 2.45) is 5.92 Å². The Morgan fingerprint density at radius 1 is 1.32 bits per heavy atom. The molecule has 0 heterocycles. The highest BCUT2D eigenvalue weighted by atomic mass is 16.5. The van der Waals surface area contributed by atoms with E-state index in [1.54, 1.807) is 0 Å². The van der Waals surface area contributed by atoms with Gasteiger partial charge >= 0.3 is 5.97 Å². The van der Waals surface area contributed by atoms with Crippen LogP contribution in [-0.4, -0.2) is 37.9 Å². The fourth-order valence-electron chi connectivity index (χ4n) is 2.54. The van der Waals surface area contributed by atoms with Crippen molar-refractivity contribution < 1.29 is 14.3 Å². The molecule has 0 spiro atoms. The fourth-order valence-corrected chi connectivity index (χ4v) is 2.54. The Bertz CT molecular complexity index is 250. The molecule has 19 heavy (non-hydrogen) atoms. The zero-order valence-corrected chi connectivity index (χ0v) is 12.6. The second kappa shape index (κ2) is 9.32. The molecule has 1 saturated carbocycles. The topological polar surface area (TPSA) is 47.6 Å². The summed E-state index contributed by atoms with van der Waals surface area (Å²) in [6.45, 7) is 7.80. The SMILES string of the molecule is CCOC(=O)C(CCOCC1CCCC1)NC(C)C.